The van der Waals surface area contributed by atoms with Crippen LogP contribution in [0.5, 0.6) is 11.6 Å². The van der Waals surface area contributed by atoms with Gasteiger partial charge in [-0.1, -0.05) is 6.07 Å². The van der Waals surface area contributed by atoms with Crippen LogP contribution < -0.4 is 9.47 Å². The second-order valence-corrected chi connectivity index (χ2v) is 3.83. The average Bonchev–Trinajstić information content (AvgIpc) is 2.45. The number of hydrogen-bond acceptors (Lipinski definition) is 5. The van der Waals surface area contributed by atoms with Crippen molar-refractivity contribution in [3.8, 4) is 11.6 Å². The Labute approximate surface area is 113 Å². The van der Waals surface area contributed by atoms with Crippen LogP contribution in [0, 0.1) is 15.9 Å². The first-order chi connectivity index (χ1) is 9.60. The zero-order valence-electron chi connectivity index (χ0n) is 10.6. The van der Waals surface area contributed by atoms with Crippen molar-refractivity contribution in [1.29, 1.82) is 0 Å². The van der Waals surface area contributed by atoms with Gasteiger partial charge in [0, 0.05) is 18.2 Å². The molecule has 0 fully saturated rings. The van der Waals surface area contributed by atoms with Gasteiger partial charge in [-0.15, -0.1) is 0 Å². The van der Waals surface area contributed by atoms with Crippen molar-refractivity contribution < 1.29 is 18.8 Å². The van der Waals surface area contributed by atoms with Crippen molar-refractivity contribution in [2.45, 2.75) is 6.61 Å². The van der Waals surface area contributed by atoms with Gasteiger partial charge >= 0.3 is 5.69 Å². The van der Waals surface area contributed by atoms with E-state index in [2.05, 4.69) is 4.98 Å². The lowest BCUT2D eigenvalue weighted by molar-refractivity contribution is -0.387. The Hall–Kier alpha value is -2.70. The van der Waals surface area contributed by atoms with Crippen LogP contribution in [-0.2, 0) is 6.61 Å². The first-order valence-corrected chi connectivity index (χ1v) is 5.67. The van der Waals surface area contributed by atoms with Crippen molar-refractivity contribution >= 4 is 5.69 Å². The van der Waals surface area contributed by atoms with E-state index in [9.17, 15) is 14.5 Å². The van der Waals surface area contributed by atoms with Gasteiger partial charge in [0.1, 0.15) is 12.4 Å². The zero-order chi connectivity index (χ0) is 14.5. The van der Waals surface area contributed by atoms with E-state index in [0.717, 1.165) is 12.1 Å². The van der Waals surface area contributed by atoms with Gasteiger partial charge in [-0.25, -0.2) is 4.98 Å². The smallest absolute Gasteiger partial charge is 0.305 e. The molecule has 0 N–H and O–H groups in total. The molecule has 20 heavy (non-hydrogen) atoms. The molecule has 0 saturated heterocycles. The van der Waals surface area contributed by atoms with E-state index >= 15 is 0 Å². The van der Waals surface area contributed by atoms with E-state index in [-0.39, 0.29) is 12.4 Å². The molecular weight excluding hydrogens is 267 g/mol. The Bertz CT molecular complexity index is 634. The van der Waals surface area contributed by atoms with Crippen LogP contribution >= 0.6 is 0 Å². The Morgan fingerprint density at radius 3 is 2.80 bits per heavy atom. The molecule has 6 nitrogen and oxygen atoms in total. The largest absolute Gasteiger partial charge is 0.487 e. The van der Waals surface area contributed by atoms with E-state index in [0.29, 0.717) is 11.6 Å². The van der Waals surface area contributed by atoms with Crippen LogP contribution in [0.4, 0.5) is 10.1 Å². The third-order valence-corrected chi connectivity index (χ3v) is 2.49. The maximum atomic E-state index is 13.4. The average molecular weight is 278 g/mol. The number of ether oxygens (including phenoxy) is 2. The number of rotatable bonds is 5. The molecule has 1 heterocycles. The number of benzene rings is 1. The molecule has 2 aromatic rings. The third kappa shape index (κ3) is 3.19. The Morgan fingerprint density at radius 2 is 2.15 bits per heavy atom. The molecule has 0 saturated carbocycles. The minimum atomic E-state index is -0.939. The summed E-state index contributed by atoms with van der Waals surface area (Å²) >= 11 is 0. The maximum absolute atomic E-state index is 13.4. The molecule has 0 bridgehead atoms. The van der Waals surface area contributed by atoms with Gasteiger partial charge in [0.05, 0.1) is 17.7 Å². The minimum absolute atomic E-state index is 0.106. The number of methoxy groups -OCH3 is 1. The fraction of sp³-hybridized carbons (Fsp3) is 0.154. The van der Waals surface area contributed by atoms with Gasteiger partial charge in [-0.3, -0.25) is 10.1 Å². The lowest BCUT2D eigenvalue weighted by Gasteiger charge is -2.07. The summed E-state index contributed by atoms with van der Waals surface area (Å²) in [6, 6.07) is 8.53. The monoisotopic (exact) mass is 278 g/mol. The van der Waals surface area contributed by atoms with E-state index in [4.69, 9.17) is 9.47 Å². The number of halogens is 1. The first-order valence-electron chi connectivity index (χ1n) is 5.67. The number of pyridine rings is 1. The van der Waals surface area contributed by atoms with E-state index < -0.39 is 16.4 Å². The van der Waals surface area contributed by atoms with Crippen LogP contribution in [0.1, 0.15) is 5.69 Å². The van der Waals surface area contributed by atoms with E-state index in [1.54, 1.807) is 18.2 Å². The Kier molecular flexibility index (Phi) is 4.09. The molecule has 0 spiro atoms. The summed E-state index contributed by atoms with van der Waals surface area (Å²) in [4.78, 5) is 13.8. The fourth-order valence-corrected chi connectivity index (χ4v) is 1.53. The summed E-state index contributed by atoms with van der Waals surface area (Å²) < 4.78 is 23.7. The maximum Gasteiger partial charge on any atom is 0.305 e. The normalized spacial score (nSPS) is 10.1. The Morgan fingerprint density at radius 1 is 1.35 bits per heavy atom. The first kappa shape index (κ1) is 13.7. The second-order valence-electron chi connectivity index (χ2n) is 3.83. The highest BCUT2D eigenvalue weighted by molar-refractivity contribution is 5.38. The standard InChI is InChI=1S/C13H11FN2O4/c1-19-13-4-2-3-9(15-13)8-20-10-5-6-12(16(17)18)11(14)7-10/h2-7H,8H2,1H3. The van der Waals surface area contributed by atoms with Gasteiger partial charge in [0.15, 0.2) is 0 Å². The summed E-state index contributed by atoms with van der Waals surface area (Å²) in [7, 11) is 1.50. The number of aromatic nitrogens is 1. The van der Waals surface area contributed by atoms with Gasteiger partial charge in [-0.2, -0.15) is 4.39 Å². The molecule has 0 amide bonds. The fourth-order valence-electron chi connectivity index (χ4n) is 1.53. The van der Waals surface area contributed by atoms with Crippen LogP contribution in [0.25, 0.3) is 0 Å². The molecule has 1 aromatic heterocycles. The van der Waals surface area contributed by atoms with E-state index in [1.165, 1.54) is 13.2 Å². The molecule has 0 aliphatic heterocycles. The number of hydrogen-bond donors (Lipinski definition) is 0. The van der Waals surface area contributed by atoms with Gasteiger partial charge in [-0.05, 0) is 12.1 Å². The molecular formula is C13H11FN2O4. The third-order valence-electron chi connectivity index (χ3n) is 2.49. The highest BCUT2D eigenvalue weighted by atomic mass is 19.1. The molecule has 1 aromatic carbocycles. The van der Waals surface area contributed by atoms with Crippen LogP contribution in [-0.4, -0.2) is 17.0 Å². The van der Waals surface area contributed by atoms with Crippen LogP contribution in [0.15, 0.2) is 36.4 Å². The Balaban J connectivity index is 2.07. The summed E-state index contributed by atoms with van der Waals surface area (Å²) in [5.41, 5.74) is 0.0139. The highest BCUT2D eigenvalue weighted by Crippen LogP contribution is 2.23. The topological polar surface area (TPSA) is 74.5 Å². The molecule has 0 aliphatic rings. The highest BCUT2D eigenvalue weighted by Gasteiger charge is 2.14. The number of nitrogens with zero attached hydrogens (tertiary/aromatic N) is 2. The predicted octanol–water partition coefficient (Wildman–Crippen LogP) is 2.72. The summed E-state index contributed by atoms with van der Waals surface area (Å²) in [5, 5.41) is 10.5. The quantitative estimate of drug-likeness (QED) is 0.621. The van der Waals surface area contributed by atoms with Gasteiger partial charge in [0.25, 0.3) is 0 Å². The van der Waals surface area contributed by atoms with Crippen LogP contribution in [0.2, 0.25) is 0 Å². The van der Waals surface area contributed by atoms with Crippen molar-refractivity contribution in [1.82, 2.24) is 4.98 Å². The lowest BCUT2D eigenvalue weighted by atomic mass is 10.3. The van der Waals surface area contributed by atoms with Crippen molar-refractivity contribution in [2.75, 3.05) is 7.11 Å². The van der Waals surface area contributed by atoms with Crippen molar-refractivity contribution in [3.05, 3.63) is 58.0 Å². The molecule has 2 rings (SSSR count). The molecule has 0 unspecified atom stereocenters. The SMILES string of the molecule is COc1cccc(COc2ccc([N+](=O)[O-])c(F)c2)n1. The summed E-state index contributed by atoms with van der Waals surface area (Å²) in [5.74, 6) is -0.301. The number of nitro benzene ring substituents is 1. The minimum Gasteiger partial charge on any atom is -0.487 e. The lowest BCUT2D eigenvalue weighted by Crippen LogP contribution is -2.00. The van der Waals surface area contributed by atoms with Gasteiger partial charge < -0.3 is 9.47 Å². The zero-order valence-corrected chi connectivity index (χ0v) is 10.6. The van der Waals surface area contributed by atoms with Gasteiger partial charge in [0.2, 0.25) is 11.7 Å². The molecule has 0 radical (unpaired) electrons. The summed E-state index contributed by atoms with van der Waals surface area (Å²) in [6.07, 6.45) is 0. The second kappa shape index (κ2) is 5.96. The summed E-state index contributed by atoms with van der Waals surface area (Å²) in [6.45, 7) is 0.106. The number of nitro groups is 1. The molecule has 0 aliphatic carbocycles. The van der Waals surface area contributed by atoms with Crippen molar-refractivity contribution in [3.63, 3.8) is 0 Å². The predicted molar refractivity (Wildman–Crippen MR) is 68.2 cm³/mol. The molecule has 0 atom stereocenters. The van der Waals surface area contributed by atoms with E-state index in [1.807, 2.05) is 0 Å². The van der Waals surface area contributed by atoms with Crippen molar-refractivity contribution in [2.24, 2.45) is 0 Å². The van der Waals surface area contributed by atoms with Crippen LogP contribution in [0.3, 0.4) is 0 Å². The molecule has 104 valence electrons. The molecule has 7 heteroatoms.